The second-order valence-electron chi connectivity index (χ2n) is 9.19. The van der Waals surface area contributed by atoms with E-state index >= 15 is 0 Å². The van der Waals surface area contributed by atoms with Gasteiger partial charge in [0.1, 0.15) is 10.0 Å². The molecule has 4 aromatic carbocycles. The summed E-state index contributed by atoms with van der Waals surface area (Å²) in [6.45, 7) is 16.0. The summed E-state index contributed by atoms with van der Waals surface area (Å²) in [4.78, 5) is 23.8. The van der Waals surface area contributed by atoms with Gasteiger partial charge in [0, 0.05) is 22.3 Å². The predicted molar refractivity (Wildman–Crippen MR) is 180 cm³/mol. The van der Waals surface area contributed by atoms with E-state index in [0.717, 1.165) is 26.7 Å². The minimum absolute atomic E-state index is 0.324. The normalized spacial score (nSPS) is 9.58. The molecular formula is C36H42N4O2S. The molecule has 5 rings (SSSR count). The van der Waals surface area contributed by atoms with Crippen molar-refractivity contribution in [3.8, 4) is 21.1 Å². The Morgan fingerprint density at radius 3 is 1.72 bits per heavy atom. The molecule has 1 aromatic heterocycles. The smallest absolute Gasteiger partial charge is 0.267 e. The fourth-order valence-corrected chi connectivity index (χ4v) is 4.75. The molecule has 0 bridgehead atoms. The minimum atomic E-state index is -0.343. The summed E-state index contributed by atoms with van der Waals surface area (Å²) < 4.78 is 0. The highest BCUT2D eigenvalue weighted by Gasteiger charge is 2.12. The Hall–Kier alpha value is -4.62. The van der Waals surface area contributed by atoms with Crippen molar-refractivity contribution in [1.82, 2.24) is 21.0 Å². The first kappa shape index (κ1) is 34.6. The second kappa shape index (κ2) is 18.0. The molecule has 2 N–H and O–H groups in total. The van der Waals surface area contributed by atoms with E-state index in [0.29, 0.717) is 11.1 Å². The van der Waals surface area contributed by atoms with Gasteiger partial charge in [0.2, 0.25) is 0 Å². The molecule has 0 atom stereocenters. The monoisotopic (exact) mass is 594 g/mol. The van der Waals surface area contributed by atoms with E-state index in [1.807, 2.05) is 77.9 Å². The molecule has 0 radical (unpaired) electrons. The van der Waals surface area contributed by atoms with Gasteiger partial charge in [-0.3, -0.25) is 20.4 Å². The van der Waals surface area contributed by atoms with Crippen molar-refractivity contribution in [3.05, 3.63) is 130 Å². The molecule has 224 valence electrons. The molecule has 0 aliphatic carbocycles. The van der Waals surface area contributed by atoms with Gasteiger partial charge in [-0.15, -0.1) is 10.2 Å². The maximum Gasteiger partial charge on any atom is 0.269 e. The van der Waals surface area contributed by atoms with Gasteiger partial charge >= 0.3 is 0 Å². The summed E-state index contributed by atoms with van der Waals surface area (Å²) in [6, 6.07) is 30.9. The molecule has 0 saturated carbocycles. The molecular weight excluding hydrogens is 552 g/mol. The third-order valence-electron chi connectivity index (χ3n) is 6.03. The van der Waals surface area contributed by atoms with Crippen LogP contribution in [0.2, 0.25) is 0 Å². The van der Waals surface area contributed by atoms with E-state index in [2.05, 4.69) is 65.2 Å². The average Bonchev–Trinajstić information content (AvgIpc) is 3.55. The van der Waals surface area contributed by atoms with Crippen molar-refractivity contribution < 1.29 is 9.59 Å². The zero-order chi connectivity index (χ0) is 31.8. The predicted octanol–water partition coefficient (Wildman–Crippen LogP) is 8.92. The van der Waals surface area contributed by atoms with Crippen LogP contribution in [0.15, 0.2) is 97.1 Å². The lowest BCUT2D eigenvalue weighted by atomic mass is 10.1. The molecule has 0 fully saturated rings. The number of aromatic nitrogens is 2. The third kappa shape index (κ3) is 10.3. The van der Waals surface area contributed by atoms with Crippen molar-refractivity contribution >= 4 is 23.2 Å². The van der Waals surface area contributed by atoms with Gasteiger partial charge < -0.3 is 0 Å². The van der Waals surface area contributed by atoms with E-state index < -0.39 is 0 Å². The molecule has 0 unspecified atom stereocenters. The Bertz CT molecular complexity index is 1580. The van der Waals surface area contributed by atoms with Crippen LogP contribution in [0, 0.1) is 27.7 Å². The van der Waals surface area contributed by atoms with E-state index in [1.54, 1.807) is 41.7 Å². The fourth-order valence-electron chi connectivity index (χ4n) is 3.82. The van der Waals surface area contributed by atoms with Crippen LogP contribution in [-0.2, 0) is 0 Å². The Balaban J connectivity index is 0.000000269. The van der Waals surface area contributed by atoms with Crippen molar-refractivity contribution in [2.24, 2.45) is 0 Å². The highest BCUT2D eigenvalue weighted by Crippen LogP contribution is 2.31. The number of hydrazine groups is 1. The molecule has 0 spiro atoms. The first-order chi connectivity index (χ1) is 20.8. The maximum absolute atomic E-state index is 12.0. The Morgan fingerprint density at radius 2 is 1.09 bits per heavy atom. The highest BCUT2D eigenvalue weighted by molar-refractivity contribution is 7.17. The number of nitrogens with zero attached hydrogens (tertiary/aromatic N) is 2. The van der Waals surface area contributed by atoms with Crippen LogP contribution in [0.25, 0.3) is 21.1 Å². The Kier molecular flexibility index (Phi) is 14.5. The van der Waals surface area contributed by atoms with Crippen LogP contribution < -0.4 is 10.9 Å². The number of amides is 2. The van der Waals surface area contributed by atoms with Gasteiger partial charge in [-0.05, 0) is 63.1 Å². The summed E-state index contributed by atoms with van der Waals surface area (Å²) in [5.74, 6) is -0.667. The first-order valence-electron chi connectivity index (χ1n) is 14.5. The highest BCUT2D eigenvalue weighted by atomic mass is 32.1. The topological polar surface area (TPSA) is 84.0 Å². The molecule has 0 aliphatic rings. The molecule has 6 nitrogen and oxygen atoms in total. The van der Waals surface area contributed by atoms with Crippen molar-refractivity contribution in [3.63, 3.8) is 0 Å². The molecule has 1 heterocycles. The Labute approximate surface area is 260 Å². The largest absolute Gasteiger partial charge is 0.269 e. The summed E-state index contributed by atoms with van der Waals surface area (Å²) in [5, 5.41) is 10.6. The number of nitrogens with one attached hydrogen (secondary N) is 2. The van der Waals surface area contributed by atoms with Crippen LogP contribution in [0.4, 0.5) is 0 Å². The van der Waals surface area contributed by atoms with E-state index in [1.165, 1.54) is 16.7 Å². The summed E-state index contributed by atoms with van der Waals surface area (Å²) in [6.07, 6.45) is 0. The lowest BCUT2D eigenvalue weighted by Crippen LogP contribution is -2.41. The van der Waals surface area contributed by atoms with Gasteiger partial charge in [-0.25, -0.2) is 0 Å². The summed E-state index contributed by atoms with van der Waals surface area (Å²) in [5.41, 5.74) is 12.5. The van der Waals surface area contributed by atoms with Gasteiger partial charge in [-0.2, -0.15) is 0 Å². The number of hydrogen-bond acceptors (Lipinski definition) is 5. The van der Waals surface area contributed by atoms with E-state index in [9.17, 15) is 9.59 Å². The van der Waals surface area contributed by atoms with Crippen LogP contribution in [0.1, 0.15) is 70.7 Å². The minimum Gasteiger partial charge on any atom is -0.267 e. The number of rotatable bonds is 4. The molecule has 7 heteroatoms. The lowest BCUT2D eigenvalue weighted by Gasteiger charge is -2.09. The van der Waals surface area contributed by atoms with Crippen LogP contribution in [0.3, 0.4) is 0 Å². The summed E-state index contributed by atoms with van der Waals surface area (Å²) >= 11 is 1.64. The van der Waals surface area contributed by atoms with Gasteiger partial charge in [0.15, 0.2) is 0 Å². The Morgan fingerprint density at radius 1 is 0.581 bits per heavy atom. The molecule has 0 saturated heterocycles. The molecule has 0 aliphatic heterocycles. The van der Waals surface area contributed by atoms with Crippen molar-refractivity contribution in [1.29, 1.82) is 0 Å². The van der Waals surface area contributed by atoms with Gasteiger partial charge in [0.05, 0.1) is 0 Å². The molecule has 43 heavy (non-hydrogen) atoms. The number of carbonyl (C=O) groups excluding carboxylic acids is 2. The zero-order valence-electron chi connectivity index (χ0n) is 26.4. The number of hydrogen-bond donors (Lipinski definition) is 2. The third-order valence-corrected chi connectivity index (χ3v) is 7.04. The lowest BCUT2D eigenvalue weighted by molar-refractivity contribution is 0.0846. The standard InChI is InChI=1S/C16H16N2O2.C16H14N2S.2C2H6/c1-11-8-9-12(2)14(10-11)16(20)18-17-15(19)13-6-4-3-5-7-13;1-11-8-9-12(2)14(10-11)16-18-17-15(19-16)13-6-4-3-5-7-13;2*1-2/h3-10H,1-2H3,(H,17,19)(H,18,20);3-10H,1-2H3;2*1-2H3. The van der Waals surface area contributed by atoms with Crippen LogP contribution >= 0.6 is 11.3 Å². The first-order valence-corrected chi connectivity index (χ1v) is 15.3. The van der Waals surface area contributed by atoms with E-state index in [-0.39, 0.29) is 11.8 Å². The van der Waals surface area contributed by atoms with E-state index in [4.69, 9.17) is 0 Å². The van der Waals surface area contributed by atoms with Crippen molar-refractivity contribution in [2.75, 3.05) is 0 Å². The maximum atomic E-state index is 12.0. The number of aryl methyl sites for hydroxylation is 4. The van der Waals surface area contributed by atoms with Gasteiger partial charge in [-0.1, -0.05) is 123 Å². The van der Waals surface area contributed by atoms with Crippen LogP contribution in [0.5, 0.6) is 0 Å². The van der Waals surface area contributed by atoms with Gasteiger partial charge in [0.25, 0.3) is 11.8 Å². The number of carbonyl (C=O) groups is 2. The fraction of sp³-hybridized carbons (Fsp3) is 0.222. The zero-order valence-corrected chi connectivity index (χ0v) is 27.2. The number of benzene rings is 4. The SMILES string of the molecule is CC.CC.Cc1ccc(C)c(-c2nnc(-c3ccccc3)s2)c1.Cc1ccc(C)c(C(=O)NNC(=O)c2ccccc2)c1. The quantitative estimate of drug-likeness (QED) is 0.204. The van der Waals surface area contributed by atoms with Crippen LogP contribution in [-0.4, -0.2) is 22.0 Å². The second-order valence-corrected chi connectivity index (χ2v) is 10.2. The summed E-state index contributed by atoms with van der Waals surface area (Å²) in [7, 11) is 0. The average molecular weight is 595 g/mol. The van der Waals surface area contributed by atoms with Crippen molar-refractivity contribution in [2.45, 2.75) is 55.4 Å². The molecule has 2 amide bonds. The molecule has 5 aromatic rings.